The predicted octanol–water partition coefficient (Wildman–Crippen LogP) is 2.27. The molecule has 1 aromatic heterocycles. The van der Waals surface area contributed by atoms with Gasteiger partial charge >= 0.3 is 0 Å². The third-order valence-electron chi connectivity index (χ3n) is 4.17. The summed E-state index contributed by atoms with van der Waals surface area (Å²) in [6, 6.07) is 4.65. The van der Waals surface area contributed by atoms with Crippen molar-refractivity contribution in [1.29, 1.82) is 0 Å². The van der Waals surface area contributed by atoms with Gasteiger partial charge in [0.15, 0.2) is 0 Å². The van der Waals surface area contributed by atoms with Gasteiger partial charge in [-0.1, -0.05) is 6.92 Å². The Morgan fingerprint density at radius 3 is 2.90 bits per heavy atom. The van der Waals surface area contributed by atoms with Crippen molar-refractivity contribution in [3.05, 3.63) is 28.3 Å². The van der Waals surface area contributed by atoms with Crippen molar-refractivity contribution >= 4 is 22.7 Å². The summed E-state index contributed by atoms with van der Waals surface area (Å²) in [5, 5.41) is 17.5. The Kier molecular flexibility index (Phi) is 3.50. The molecule has 0 spiro atoms. The molecule has 0 atom stereocenters. The summed E-state index contributed by atoms with van der Waals surface area (Å²) >= 11 is 0. The number of benzene rings is 1. The molecule has 0 amide bonds. The van der Waals surface area contributed by atoms with Crippen LogP contribution in [0.5, 0.6) is 0 Å². The molecule has 2 aromatic rings. The fraction of sp³-hybridized carbons (Fsp3) is 0.500. The van der Waals surface area contributed by atoms with Crippen LogP contribution in [0.3, 0.4) is 0 Å². The van der Waals surface area contributed by atoms with Gasteiger partial charge in [0.2, 0.25) is 5.95 Å². The first kappa shape index (κ1) is 13.8. The molecule has 1 fully saturated rings. The molecule has 0 bridgehead atoms. The van der Waals surface area contributed by atoms with Gasteiger partial charge in [-0.15, -0.1) is 0 Å². The zero-order chi connectivity index (χ0) is 14.9. The van der Waals surface area contributed by atoms with Crippen LogP contribution in [0.2, 0.25) is 0 Å². The summed E-state index contributed by atoms with van der Waals surface area (Å²) in [6.07, 6.45) is 2.26. The number of H-pyrrole nitrogens is 1. The van der Waals surface area contributed by atoms with Crippen LogP contribution in [0.1, 0.15) is 19.8 Å². The Morgan fingerprint density at radius 2 is 2.19 bits per heavy atom. The minimum Gasteiger partial charge on any atom is -0.355 e. The van der Waals surface area contributed by atoms with Crippen molar-refractivity contribution in [2.45, 2.75) is 19.8 Å². The second-order valence-corrected chi connectivity index (χ2v) is 5.96. The van der Waals surface area contributed by atoms with Crippen molar-refractivity contribution in [2.75, 3.05) is 25.0 Å². The molecule has 21 heavy (non-hydrogen) atoms. The summed E-state index contributed by atoms with van der Waals surface area (Å²) in [5.41, 5.74) is 1.75. The number of fused-ring (bicyclic) bond motifs is 1. The number of rotatable bonds is 4. The van der Waals surface area contributed by atoms with Crippen LogP contribution in [0.4, 0.5) is 11.6 Å². The second kappa shape index (κ2) is 5.33. The van der Waals surface area contributed by atoms with E-state index in [2.05, 4.69) is 27.5 Å². The molecule has 1 aliphatic rings. The van der Waals surface area contributed by atoms with Crippen molar-refractivity contribution in [3.63, 3.8) is 0 Å². The molecule has 1 aliphatic heterocycles. The van der Waals surface area contributed by atoms with Crippen LogP contribution >= 0.6 is 0 Å². The molecule has 7 nitrogen and oxygen atoms in total. The molecular weight excluding hydrogens is 270 g/mol. The zero-order valence-electron chi connectivity index (χ0n) is 12.0. The van der Waals surface area contributed by atoms with Crippen LogP contribution in [0, 0.1) is 15.5 Å². The number of nitrogens with zero attached hydrogens (tertiary/aromatic N) is 2. The number of hydrogen-bond donors (Lipinski definition) is 3. The van der Waals surface area contributed by atoms with E-state index in [-0.39, 0.29) is 11.1 Å². The van der Waals surface area contributed by atoms with Crippen LogP contribution in [-0.2, 0) is 0 Å². The minimum absolute atomic E-state index is 0.0722. The van der Waals surface area contributed by atoms with E-state index in [1.807, 2.05) is 0 Å². The smallest absolute Gasteiger partial charge is 0.271 e. The molecule has 112 valence electrons. The number of piperidine rings is 1. The Bertz CT molecular complexity index is 660. The van der Waals surface area contributed by atoms with Gasteiger partial charge < -0.3 is 15.6 Å². The lowest BCUT2D eigenvalue weighted by Gasteiger charge is -2.34. The fourth-order valence-electron chi connectivity index (χ4n) is 2.70. The first-order chi connectivity index (χ1) is 10.1. The zero-order valence-corrected chi connectivity index (χ0v) is 12.0. The molecule has 3 N–H and O–H groups in total. The lowest BCUT2D eigenvalue weighted by molar-refractivity contribution is -0.384. The van der Waals surface area contributed by atoms with Crippen molar-refractivity contribution < 1.29 is 4.92 Å². The van der Waals surface area contributed by atoms with Crippen molar-refractivity contribution in [2.24, 2.45) is 5.41 Å². The number of hydrogen-bond acceptors (Lipinski definition) is 5. The Labute approximate surface area is 122 Å². The molecule has 0 saturated carbocycles. The van der Waals surface area contributed by atoms with Gasteiger partial charge in [-0.2, -0.15) is 0 Å². The number of imidazole rings is 1. The van der Waals surface area contributed by atoms with Gasteiger partial charge in [0, 0.05) is 18.7 Å². The average Bonchev–Trinajstić information content (AvgIpc) is 2.88. The summed E-state index contributed by atoms with van der Waals surface area (Å²) in [6.45, 7) is 5.21. The SMILES string of the molecule is CC1(CNc2nc3ccc([N+](=O)[O-])cc3[nH]2)CCNCC1. The quantitative estimate of drug-likeness (QED) is 0.592. The monoisotopic (exact) mass is 289 g/mol. The highest BCUT2D eigenvalue weighted by atomic mass is 16.6. The number of nitro groups is 1. The molecule has 7 heteroatoms. The van der Waals surface area contributed by atoms with E-state index in [0.717, 1.165) is 38.0 Å². The third kappa shape index (κ3) is 2.97. The molecule has 1 saturated heterocycles. The normalized spacial score (nSPS) is 17.8. The van der Waals surface area contributed by atoms with Gasteiger partial charge in [-0.25, -0.2) is 4.98 Å². The van der Waals surface area contributed by atoms with E-state index in [1.165, 1.54) is 12.1 Å². The number of anilines is 1. The highest BCUT2D eigenvalue weighted by Crippen LogP contribution is 2.28. The van der Waals surface area contributed by atoms with E-state index in [9.17, 15) is 10.1 Å². The summed E-state index contributed by atoms with van der Waals surface area (Å²) in [4.78, 5) is 17.9. The summed E-state index contributed by atoms with van der Waals surface area (Å²) in [7, 11) is 0. The van der Waals surface area contributed by atoms with E-state index in [4.69, 9.17) is 0 Å². The molecule has 3 rings (SSSR count). The molecule has 2 heterocycles. The van der Waals surface area contributed by atoms with E-state index >= 15 is 0 Å². The number of nitro benzene ring substituents is 1. The van der Waals surface area contributed by atoms with Gasteiger partial charge in [0.05, 0.1) is 16.0 Å². The molecule has 0 radical (unpaired) electrons. The standard InChI is InChI=1S/C14H19N5O2/c1-14(4-6-15-7-5-14)9-16-13-17-11-3-2-10(19(20)21)8-12(11)18-13/h2-3,8,15H,4-7,9H2,1H3,(H2,16,17,18). The van der Waals surface area contributed by atoms with Crippen molar-refractivity contribution in [3.8, 4) is 0 Å². The van der Waals surface area contributed by atoms with Crippen LogP contribution in [0.25, 0.3) is 11.0 Å². The highest BCUT2D eigenvalue weighted by molar-refractivity contribution is 5.79. The number of aromatic nitrogens is 2. The molecular formula is C14H19N5O2. The Morgan fingerprint density at radius 1 is 1.43 bits per heavy atom. The largest absolute Gasteiger partial charge is 0.355 e. The highest BCUT2D eigenvalue weighted by Gasteiger charge is 2.26. The van der Waals surface area contributed by atoms with Crippen LogP contribution < -0.4 is 10.6 Å². The van der Waals surface area contributed by atoms with E-state index in [0.29, 0.717) is 11.5 Å². The maximum atomic E-state index is 10.8. The van der Waals surface area contributed by atoms with Crippen LogP contribution in [-0.4, -0.2) is 34.5 Å². The predicted molar refractivity (Wildman–Crippen MR) is 81.4 cm³/mol. The van der Waals surface area contributed by atoms with Gasteiger partial charge in [0.1, 0.15) is 0 Å². The van der Waals surface area contributed by atoms with Crippen molar-refractivity contribution in [1.82, 2.24) is 15.3 Å². The number of nitrogens with one attached hydrogen (secondary N) is 3. The first-order valence-corrected chi connectivity index (χ1v) is 7.15. The van der Waals surface area contributed by atoms with Gasteiger partial charge in [0.25, 0.3) is 5.69 Å². The molecule has 1 aromatic carbocycles. The van der Waals surface area contributed by atoms with E-state index in [1.54, 1.807) is 6.07 Å². The minimum atomic E-state index is -0.399. The Balaban J connectivity index is 1.73. The molecule has 0 aliphatic carbocycles. The summed E-state index contributed by atoms with van der Waals surface area (Å²) in [5.74, 6) is 0.672. The lowest BCUT2D eigenvalue weighted by Crippen LogP contribution is -2.39. The van der Waals surface area contributed by atoms with Crippen LogP contribution in [0.15, 0.2) is 18.2 Å². The fourth-order valence-corrected chi connectivity index (χ4v) is 2.70. The number of non-ortho nitro benzene ring substituents is 1. The topological polar surface area (TPSA) is 95.9 Å². The summed E-state index contributed by atoms with van der Waals surface area (Å²) < 4.78 is 0. The number of aromatic amines is 1. The average molecular weight is 289 g/mol. The molecule has 0 unspecified atom stereocenters. The van der Waals surface area contributed by atoms with Gasteiger partial charge in [-0.05, 0) is 37.4 Å². The second-order valence-electron chi connectivity index (χ2n) is 5.96. The maximum absolute atomic E-state index is 10.8. The van der Waals surface area contributed by atoms with Gasteiger partial charge in [-0.3, -0.25) is 10.1 Å². The van der Waals surface area contributed by atoms with E-state index < -0.39 is 4.92 Å². The lowest BCUT2D eigenvalue weighted by atomic mass is 9.81. The third-order valence-corrected chi connectivity index (χ3v) is 4.17. The maximum Gasteiger partial charge on any atom is 0.271 e. The Hall–Kier alpha value is -2.15. The first-order valence-electron chi connectivity index (χ1n) is 7.15.